The zero-order valence-corrected chi connectivity index (χ0v) is 20.9. The molecule has 4 rings (SSSR count). The molecule has 33 heavy (non-hydrogen) atoms. The van der Waals surface area contributed by atoms with Crippen molar-refractivity contribution in [1.82, 2.24) is 9.80 Å². The minimum absolute atomic E-state index is 0.575. The fourth-order valence-corrected chi connectivity index (χ4v) is 5.32. The van der Waals surface area contributed by atoms with Gasteiger partial charge in [-0.3, -0.25) is 0 Å². The first kappa shape index (κ1) is 23.5. The van der Waals surface area contributed by atoms with E-state index in [-0.39, 0.29) is 0 Å². The van der Waals surface area contributed by atoms with Gasteiger partial charge in [0.05, 0.1) is 21.3 Å². The van der Waals surface area contributed by atoms with Gasteiger partial charge in [0.15, 0.2) is 11.5 Å². The summed E-state index contributed by atoms with van der Waals surface area (Å²) in [5.41, 5.74) is 8.02. The minimum Gasteiger partial charge on any atom is -0.496 e. The van der Waals surface area contributed by atoms with Crippen molar-refractivity contribution >= 4 is 0 Å². The Morgan fingerprint density at radius 1 is 0.970 bits per heavy atom. The van der Waals surface area contributed by atoms with Gasteiger partial charge in [-0.05, 0) is 85.8 Å². The number of nitrogens with zero attached hydrogens (tertiary/aromatic N) is 2. The standard InChI is InChI=1S/C28H38N2O3/c1-19-12-21-8-11-30(20(2)13-22(21)15-26(19)31-4)10-7-9-29(3)18-24-14-23-16-27(32-5)28(33-6)17-25(23)24/h12,15-17,24H,2,7-11,13-14,18H2,1,3-6H3/t24-/m1/s1. The van der Waals surface area contributed by atoms with Crippen LogP contribution in [0.3, 0.4) is 0 Å². The van der Waals surface area contributed by atoms with Crippen LogP contribution in [0.1, 0.15) is 40.2 Å². The molecule has 2 aliphatic rings. The Balaban J connectivity index is 1.27. The third kappa shape index (κ3) is 4.98. The molecule has 1 aliphatic carbocycles. The van der Waals surface area contributed by atoms with E-state index < -0.39 is 0 Å². The van der Waals surface area contributed by atoms with E-state index in [4.69, 9.17) is 14.2 Å². The van der Waals surface area contributed by atoms with E-state index in [0.29, 0.717) is 5.92 Å². The highest BCUT2D eigenvalue weighted by Gasteiger charge is 2.29. The molecule has 5 nitrogen and oxygen atoms in total. The minimum atomic E-state index is 0.575. The smallest absolute Gasteiger partial charge is 0.161 e. The van der Waals surface area contributed by atoms with Crippen molar-refractivity contribution < 1.29 is 14.2 Å². The zero-order chi connectivity index (χ0) is 23.5. The van der Waals surface area contributed by atoms with E-state index in [1.165, 1.54) is 33.5 Å². The van der Waals surface area contributed by atoms with Gasteiger partial charge in [-0.25, -0.2) is 0 Å². The highest BCUT2D eigenvalue weighted by Crippen LogP contribution is 2.42. The van der Waals surface area contributed by atoms with Crippen molar-refractivity contribution in [2.24, 2.45) is 0 Å². The third-order valence-electron chi connectivity index (χ3n) is 7.26. The van der Waals surface area contributed by atoms with Crippen LogP contribution in [-0.4, -0.2) is 64.4 Å². The Bertz CT molecular complexity index is 1020. The lowest BCUT2D eigenvalue weighted by Gasteiger charge is -2.34. The van der Waals surface area contributed by atoms with Gasteiger partial charge in [0.25, 0.3) is 0 Å². The van der Waals surface area contributed by atoms with Crippen LogP contribution >= 0.6 is 0 Å². The molecule has 0 amide bonds. The number of rotatable bonds is 9. The number of aryl methyl sites for hydroxylation is 1. The molecule has 178 valence electrons. The van der Waals surface area contributed by atoms with Gasteiger partial charge in [0.1, 0.15) is 5.75 Å². The van der Waals surface area contributed by atoms with Crippen LogP contribution < -0.4 is 14.2 Å². The van der Waals surface area contributed by atoms with Crippen molar-refractivity contribution in [3.63, 3.8) is 0 Å². The molecule has 0 saturated heterocycles. The topological polar surface area (TPSA) is 34.2 Å². The maximum Gasteiger partial charge on any atom is 0.161 e. The Kier molecular flexibility index (Phi) is 7.18. The average molecular weight is 451 g/mol. The largest absolute Gasteiger partial charge is 0.496 e. The second-order valence-corrected chi connectivity index (χ2v) is 9.49. The molecular formula is C28H38N2O3. The Morgan fingerprint density at radius 2 is 1.67 bits per heavy atom. The summed E-state index contributed by atoms with van der Waals surface area (Å²) in [6, 6.07) is 8.78. The molecule has 0 N–H and O–H groups in total. The molecule has 0 aromatic heterocycles. The Labute approximate surface area is 198 Å². The van der Waals surface area contributed by atoms with E-state index in [0.717, 1.165) is 69.1 Å². The van der Waals surface area contributed by atoms with Crippen LogP contribution in [0.2, 0.25) is 0 Å². The van der Waals surface area contributed by atoms with Gasteiger partial charge in [0.2, 0.25) is 0 Å². The van der Waals surface area contributed by atoms with Crippen LogP contribution in [0.4, 0.5) is 0 Å². The second-order valence-electron chi connectivity index (χ2n) is 9.49. The number of fused-ring (bicyclic) bond motifs is 2. The maximum absolute atomic E-state index is 5.54. The summed E-state index contributed by atoms with van der Waals surface area (Å²) in [5.74, 6) is 3.21. The van der Waals surface area contributed by atoms with Crippen LogP contribution in [0.5, 0.6) is 17.2 Å². The number of allylic oxidation sites excluding steroid dienone is 1. The molecule has 2 aromatic carbocycles. The quantitative estimate of drug-likeness (QED) is 0.558. The molecule has 0 saturated carbocycles. The Morgan fingerprint density at radius 3 is 2.39 bits per heavy atom. The van der Waals surface area contributed by atoms with Crippen LogP contribution in [0, 0.1) is 6.92 Å². The maximum atomic E-state index is 5.54. The summed E-state index contributed by atoms with van der Waals surface area (Å²) < 4.78 is 16.5. The van der Waals surface area contributed by atoms with Crippen molar-refractivity contribution in [3.8, 4) is 17.2 Å². The van der Waals surface area contributed by atoms with Gasteiger partial charge in [0, 0.05) is 37.7 Å². The summed E-state index contributed by atoms with van der Waals surface area (Å²) in [6.45, 7) is 10.8. The monoisotopic (exact) mass is 450 g/mol. The molecule has 0 spiro atoms. The van der Waals surface area contributed by atoms with Gasteiger partial charge >= 0.3 is 0 Å². The summed E-state index contributed by atoms with van der Waals surface area (Å²) in [7, 11) is 7.39. The summed E-state index contributed by atoms with van der Waals surface area (Å²) >= 11 is 0. The molecule has 1 aliphatic heterocycles. The molecule has 1 heterocycles. The lowest BCUT2D eigenvalue weighted by molar-refractivity contribution is 0.266. The van der Waals surface area contributed by atoms with E-state index in [2.05, 4.69) is 54.6 Å². The first-order valence-electron chi connectivity index (χ1n) is 12.0. The fourth-order valence-electron chi connectivity index (χ4n) is 5.32. The number of methoxy groups -OCH3 is 3. The van der Waals surface area contributed by atoms with Crippen molar-refractivity contribution in [2.75, 3.05) is 54.6 Å². The first-order valence-corrected chi connectivity index (χ1v) is 12.0. The fraction of sp³-hybridized carbons (Fsp3) is 0.500. The summed E-state index contributed by atoms with van der Waals surface area (Å²) in [6.07, 6.45) is 4.23. The van der Waals surface area contributed by atoms with Crippen LogP contribution in [-0.2, 0) is 19.3 Å². The number of benzene rings is 2. The number of hydrogen-bond donors (Lipinski definition) is 0. The average Bonchev–Trinajstić information content (AvgIpc) is 2.94. The van der Waals surface area contributed by atoms with Crippen LogP contribution in [0.15, 0.2) is 36.5 Å². The van der Waals surface area contributed by atoms with Crippen LogP contribution in [0.25, 0.3) is 0 Å². The second kappa shape index (κ2) is 10.1. The number of hydrogen-bond acceptors (Lipinski definition) is 5. The molecular weight excluding hydrogens is 412 g/mol. The molecule has 0 fully saturated rings. The van der Waals surface area contributed by atoms with Crippen molar-refractivity contribution in [3.05, 3.63) is 64.4 Å². The normalized spacial score (nSPS) is 17.2. The molecule has 2 aromatic rings. The number of ether oxygens (including phenoxy) is 3. The third-order valence-corrected chi connectivity index (χ3v) is 7.26. The van der Waals surface area contributed by atoms with E-state index >= 15 is 0 Å². The summed E-state index contributed by atoms with van der Waals surface area (Å²) in [5, 5.41) is 0. The lowest BCUT2D eigenvalue weighted by Crippen LogP contribution is -2.33. The predicted molar refractivity (Wildman–Crippen MR) is 134 cm³/mol. The van der Waals surface area contributed by atoms with E-state index in [1.54, 1.807) is 21.3 Å². The SMILES string of the molecule is C=C1Cc2cc(OC)c(C)cc2CCN1CCCN(C)C[C@H]1Cc2cc(OC)c(OC)cc21. The van der Waals surface area contributed by atoms with Gasteiger partial charge in [-0.15, -0.1) is 0 Å². The molecule has 0 bridgehead atoms. The van der Waals surface area contributed by atoms with Crippen molar-refractivity contribution in [1.29, 1.82) is 0 Å². The predicted octanol–water partition coefficient (Wildman–Crippen LogP) is 4.60. The van der Waals surface area contributed by atoms with Gasteiger partial charge in [-0.1, -0.05) is 12.6 Å². The zero-order valence-electron chi connectivity index (χ0n) is 20.9. The summed E-state index contributed by atoms with van der Waals surface area (Å²) in [4.78, 5) is 4.94. The molecule has 0 unspecified atom stereocenters. The Hall–Kier alpha value is -2.66. The van der Waals surface area contributed by atoms with E-state index in [9.17, 15) is 0 Å². The molecule has 1 atom stereocenters. The number of likely N-dealkylation sites (N-methyl/N-ethyl adjacent to an activating group) is 1. The molecule has 5 heteroatoms. The lowest BCUT2D eigenvalue weighted by atomic mass is 9.77. The van der Waals surface area contributed by atoms with Gasteiger partial charge in [-0.2, -0.15) is 0 Å². The molecule has 0 radical (unpaired) electrons. The first-order chi connectivity index (χ1) is 15.9. The highest BCUT2D eigenvalue weighted by atomic mass is 16.5. The highest BCUT2D eigenvalue weighted by molar-refractivity contribution is 5.53. The van der Waals surface area contributed by atoms with Crippen molar-refractivity contribution in [2.45, 2.75) is 38.5 Å². The van der Waals surface area contributed by atoms with Gasteiger partial charge < -0.3 is 24.0 Å². The van der Waals surface area contributed by atoms with E-state index in [1.807, 2.05) is 0 Å².